The number of carbonyl (C=O) groups is 2. The Morgan fingerprint density at radius 1 is 1.42 bits per heavy atom. The molecule has 0 spiro atoms. The Balaban J connectivity index is 1.81. The normalized spacial score (nSPS) is 23.2. The molecule has 9 nitrogen and oxygen atoms in total. The van der Waals surface area contributed by atoms with Crippen molar-refractivity contribution in [2.75, 3.05) is 11.5 Å². The Morgan fingerprint density at radius 2 is 2.23 bits per heavy atom. The molecule has 31 heavy (non-hydrogen) atoms. The summed E-state index contributed by atoms with van der Waals surface area (Å²) in [5.41, 5.74) is 1.50. The number of allylic oxidation sites excluding steroid dienone is 2. The van der Waals surface area contributed by atoms with Gasteiger partial charge in [-0.05, 0) is 45.3 Å². The highest BCUT2D eigenvalue weighted by atomic mass is 19.1. The first-order valence-corrected chi connectivity index (χ1v) is 10.0. The van der Waals surface area contributed by atoms with Gasteiger partial charge in [0.1, 0.15) is 24.0 Å². The van der Waals surface area contributed by atoms with Gasteiger partial charge in [-0.3, -0.25) is 9.79 Å². The quantitative estimate of drug-likeness (QED) is 0.755. The summed E-state index contributed by atoms with van der Waals surface area (Å²) in [5.74, 6) is -0.394. The summed E-state index contributed by atoms with van der Waals surface area (Å²) >= 11 is 0. The highest BCUT2D eigenvalue weighted by Crippen LogP contribution is 2.27. The molecule has 2 aromatic rings. The molecule has 2 bridgehead atoms. The third kappa shape index (κ3) is 4.18. The summed E-state index contributed by atoms with van der Waals surface area (Å²) in [6, 6.07) is 0.884. The standard InChI is InChI=1S/C21H23FN6O3/c1-12(22)9-15-6-4-5-13(2)24-20(29)16-10-23-27-8-7-18(26-19(16)27)28-17(14(3)25-15)11-31-21(28)30/h7-10,13,17H,3-6,11H2,1-2H3,(H,24,29)/b12-9+,25-15?/t13-,17-/m1/s1. The molecule has 10 heteroatoms. The lowest BCUT2D eigenvalue weighted by molar-refractivity contribution is 0.0939. The second-order valence-electron chi connectivity index (χ2n) is 7.67. The summed E-state index contributed by atoms with van der Waals surface area (Å²) in [4.78, 5) is 35.6. The molecule has 0 unspecified atom stereocenters. The number of hydrogen-bond acceptors (Lipinski definition) is 6. The number of nitrogens with zero attached hydrogens (tertiary/aromatic N) is 5. The number of fused-ring (bicyclic) bond motifs is 3. The van der Waals surface area contributed by atoms with Crippen LogP contribution in [0.5, 0.6) is 0 Å². The first-order chi connectivity index (χ1) is 14.8. The average molecular weight is 426 g/mol. The SMILES string of the molecule is C=C1N=C(/C=C(\C)F)CCC[C@@H](C)NC(=O)c2cnn3ccc(nc23)N2C(=O)OC[C@H]12. The van der Waals surface area contributed by atoms with Crippen molar-refractivity contribution in [3.05, 3.63) is 48.2 Å². The van der Waals surface area contributed by atoms with E-state index in [1.165, 1.54) is 28.6 Å². The van der Waals surface area contributed by atoms with E-state index in [4.69, 9.17) is 4.74 Å². The Hall–Kier alpha value is -3.56. The molecule has 2 atom stereocenters. The topological polar surface area (TPSA) is 101 Å². The van der Waals surface area contributed by atoms with Gasteiger partial charge in [-0.1, -0.05) is 6.58 Å². The number of ether oxygens (including phenoxy) is 1. The second kappa shape index (κ2) is 8.29. The van der Waals surface area contributed by atoms with Crippen molar-refractivity contribution in [1.82, 2.24) is 19.9 Å². The van der Waals surface area contributed by atoms with Crippen molar-refractivity contribution in [3.8, 4) is 0 Å². The molecule has 1 N–H and O–H groups in total. The number of nitrogens with one attached hydrogen (secondary N) is 1. The molecule has 0 radical (unpaired) electrons. The first-order valence-electron chi connectivity index (χ1n) is 10.0. The fraction of sp³-hybridized carbons (Fsp3) is 0.381. The van der Waals surface area contributed by atoms with Crippen LogP contribution in [0.25, 0.3) is 5.65 Å². The second-order valence-corrected chi connectivity index (χ2v) is 7.67. The van der Waals surface area contributed by atoms with E-state index in [1.54, 1.807) is 12.3 Å². The summed E-state index contributed by atoms with van der Waals surface area (Å²) in [6.07, 6.45) is 5.66. The van der Waals surface area contributed by atoms with Crippen molar-refractivity contribution in [1.29, 1.82) is 0 Å². The van der Waals surface area contributed by atoms with Gasteiger partial charge >= 0.3 is 6.09 Å². The van der Waals surface area contributed by atoms with Crippen LogP contribution in [0.2, 0.25) is 0 Å². The third-order valence-corrected chi connectivity index (χ3v) is 5.20. The molecule has 2 aliphatic heterocycles. The van der Waals surface area contributed by atoms with Gasteiger partial charge in [0.25, 0.3) is 5.91 Å². The number of carbonyl (C=O) groups excluding carboxylic acids is 2. The molecule has 1 fully saturated rings. The Morgan fingerprint density at radius 3 is 3.00 bits per heavy atom. The Labute approximate surface area is 178 Å². The molecule has 4 rings (SSSR count). The van der Waals surface area contributed by atoms with E-state index in [0.717, 1.165) is 0 Å². The highest BCUT2D eigenvalue weighted by molar-refractivity contribution is 6.00. The van der Waals surface area contributed by atoms with Gasteiger partial charge in [0.05, 0.1) is 17.7 Å². The maximum absolute atomic E-state index is 13.6. The molecular formula is C21H23FN6O3. The number of aromatic nitrogens is 3. The molecule has 4 heterocycles. The predicted molar refractivity (Wildman–Crippen MR) is 113 cm³/mol. The molecule has 162 valence electrons. The van der Waals surface area contributed by atoms with Crippen LogP contribution in [0, 0.1) is 0 Å². The minimum atomic E-state index is -0.602. The van der Waals surface area contributed by atoms with Crippen molar-refractivity contribution >= 4 is 29.2 Å². The maximum Gasteiger partial charge on any atom is 0.416 e. The molecule has 1 saturated heterocycles. The molecule has 0 aliphatic carbocycles. The average Bonchev–Trinajstić information content (AvgIpc) is 3.29. The molecule has 2 aliphatic rings. The van der Waals surface area contributed by atoms with Gasteiger partial charge in [0, 0.05) is 18.0 Å². The van der Waals surface area contributed by atoms with Gasteiger partial charge in [0.2, 0.25) is 0 Å². The monoisotopic (exact) mass is 426 g/mol. The number of amides is 2. The van der Waals surface area contributed by atoms with E-state index in [2.05, 4.69) is 27.0 Å². The molecule has 0 aromatic carbocycles. The highest BCUT2D eigenvalue weighted by Gasteiger charge is 2.37. The van der Waals surface area contributed by atoms with Gasteiger partial charge < -0.3 is 10.1 Å². The van der Waals surface area contributed by atoms with Crippen LogP contribution < -0.4 is 10.2 Å². The maximum atomic E-state index is 13.6. The summed E-state index contributed by atoms with van der Waals surface area (Å²) in [7, 11) is 0. The van der Waals surface area contributed by atoms with Gasteiger partial charge in [-0.2, -0.15) is 5.10 Å². The van der Waals surface area contributed by atoms with Crippen LogP contribution in [-0.2, 0) is 4.74 Å². The minimum Gasteiger partial charge on any atom is -0.446 e. The van der Waals surface area contributed by atoms with Crippen LogP contribution in [-0.4, -0.2) is 51.0 Å². The van der Waals surface area contributed by atoms with E-state index < -0.39 is 12.1 Å². The molecule has 2 amide bonds. The number of aliphatic imine (C=N–C) groups is 1. The van der Waals surface area contributed by atoms with Crippen molar-refractivity contribution in [2.45, 2.75) is 45.2 Å². The Bertz CT molecular complexity index is 1120. The van der Waals surface area contributed by atoms with E-state index in [-0.39, 0.29) is 30.2 Å². The molecule has 2 aromatic heterocycles. The first kappa shape index (κ1) is 20.7. The lowest BCUT2D eigenvalue weighted by atomic mass is 10.1. The van der Waals surface area contributed by atoms with Gasteiger partial charge in [-0.25, -0.2) is 23.6 Å². The molecular weight excluding hydrogens is 403 g/mol. The predicted octanol–water partition coefficient (Wildman–Crippen LogP) is 3.18. The summed E-state index contributed by atoms with van der Waals surface area (Å²) in [6.45, 7) is 7.30. The summed E-state index contributed by atoms with van der Waals surface area (Å²) < 4.78 is 20.3. The number of cyclic esters (lactones) is 1. The van der Waals surface area contributed by atoms with Crippen LogP contribution in [0.1, 0.15) is 43.5 Å². The van der Waals surface area contributed by atoms with E-state index in [0.29, 0.717) is 41.9 Å². The smallest absolute Gasteiger partial charge is 0.416 e. The van der Waals surface area contributed by atoms with Gasteiger partial charge in [-0.15, -0.1) is 0 Å². The zero-order valence-corrected chi connectivity index (χ0v) is 17.3. The lowest BCUT2D eigenvalue weighted by Gasteiger charge is -2.20. The van der Waals surface area contributed by atoms with Crippen molar-refractivity contribution < 1.29 is 18.7 Å². The largest absolute Gasteiger partial charge is 0.446 e. The summed E-state index contributed by atoms with van der Waals surface area (Å²) in [5, 5.41) is 7.12. The van der Waals surface area contributed by atoms with Crippen LogP contribution in [0.3, 0.4) is 0 Å². The van der Waals surface area contributed by atoms with E-state index >= 15 is 0 Å². The fourth-order valence-corrected chi connectivity index (χ4v) is 3.69. The lowest BCUT2D eigenvalue weighted by Crippen LogP contribution is -2.35. The van der Waals surface area contributed by atoms with E-state index in [9.17, 15) is 14.0 Å². The number of anilines is 1. The molecule has 0 saturated carbocycles. The van der Waals surface area contributed by atoms with Crippen molar-refractivity contribution in [3.63, 3.8) is 0 Å². The number of halogens is 1. The van der Waals surface area contributed by atoms with Crippen LogP contribution in [0.15, 0.2) is 47.6 Å². The van der Waals surface area contributed by atoms with Crippen LogP contribution >= 0.6 is 0 Å². The zero-order valence-electron chi connectivity index (χ0n) is 17.3. The number of rotatable bonds is 1. The fourth-order valence-electron chi connectivity index (χ4n) is 3.69. The van der Waals surface area contributed by atoms with E-state index in [1.807, 2.05) is 6.92 Å². The zero-order chi connectivity index (χ0) is 22.1. The minimum absolute atomic E-state index is 0.0449. The third-order valence-electron chi connectivity index (χ3n) is 5.20. The van der Waals surface area contributed by atoms with Crippen molar-refractivity contribution in [2.24, 2.45) is 4.99 Å². The Kier molecular flexibility index (Phi) is 5.53. The number of hydrogen-bond donors (Lipinski definition) is 1. The van der Waals surface area contributed by atoms with Gasteiger partial charge in [0.15, 0.2) is 5.65 Å². The van der Waals surface area contributed by atoms with Crippen LogP contribution in [0.4, 0.5) is 15.0 Å².